The Morgan fingerprint density at radius 1 is 0.474 bits per heavy atom. The highest BCUT2D eigenvalue weighted by Crippen LogP contribution is 2.31. The van der Waals surface area contributed by atoms with Crippen molar-refractivity contribution in [3.05, 3.63) is 246 Å². The number of benzene rings is 8. The molecule has 0 aliphatic carbocycles. The van der Waals surface area contributed by atoms with Crippen LogP contribution < -0.4 is 25.7 Å². The molecule has 0 radical (unpaired) electrons. The summed E-state index contributed by atoms with van der Waals surface area (Å²) in [5.74, 6) is -8.77. The maximum Gasteiger partial charge on any atom is 0.272 e. The van der Waals surface area contributed by atoms with Crippen molar-refractivity contribution in [1.82, 2.24) is 0 Å². The first-order chi connectivity index (χ1) is 35.0. The lowest BCUT2D eigenvalue weighted by Gasteiger charge is -2.09. The maximum atomic E-state index is 13.4. The average Bonchev–Trinajstić information content (AvgIpc) is 3.34. The summed E-state index contributed by atoms with van der Waals surface area (Å²) in [6, 6.07) is 31.9. The molecule has 22 heteroatoms. The van der Waals surface area contributed by atoms with Gasteiger partial charge < -0.3 is 30.8 Å². The summed E-state index contributed by atoms with van der Waals surface area (Å²) >= 11 is 0. The van der Waals surface area contributed by atoms with Crippen LogP contribution in [0.5, 0.6) is 40.2 Å². The van der Waals surface area contributed by atoms with E-state index in [4.69, 9.17) is 30.8 Å². The Bertz CT molecular complexity index is 3250. The van der Waals surface area contributed by atoms with Crippen molar-refractivity contribution < 1.29 is 68.7 Å². The molecular weight excluding hydrogens is 1040 g/mol. The number of nitro benzene ring substituents is 2. The molecule has 5 N–H and O–H groups in total. The number of nitrogens with two attached hydrogens (primary N) is 2. The summed E-state index contributed by atoms with van der Waals surface area (Å²) in [5, 5.41) is 29.3. The summed E-state index contributed by atoms with van der Waals surface area (Å²) in [6.45, 7) is 7.16. The Morgan fingerprint density at radius 3 is 1.18 bits per heavy atom. The first-order valence-electron chi connectivity index (χ1n) is 21.3. The molecule has 0 saturated heterocycles. The smallest absolute Gasteiger partial charge is 0.272 e. The Morgan fingerprint density at radius 2 is 0.829 bits per heavy atom. The summed E-state index contributed by atoms with van der Waals surface area (Å²) < 4.78 is 131. The zero-order valence-electron chi connectivity index (χ0n) is 39.7. The van der Waals surface area contributed by atoms with E-state index in [0.29, 0.717) is 34.9 Å². The van der Waals surface area contributed by atoms with Crippen LogP contribution in [0, 0.1) is 100 Å². The number of rotatable bonds is 9. The second-order valence-corrected chi connectivity index (χ2v) is 15.2. The van der Waals surface area contributed by atoms with Gasteiger partial charge in [-0.3, -0.25) is 20.2 Å². The van der Waals surface area contributed by atoms with E-state index in [1.54, 1.807) is 30.3 Å². The number of phenols is 1. The van der Waals surface area contributed by atoms with Gasteiger partial charge in [0.05, 0.1) is 9.85 Å². The normalized spacial score (nSPS) is 9.87. The van der Waals surface area contributed by atoms with E-state index in [1.807, 2.05) is 19.9 Å². The predicted molar refractivity (Wildman–Crippen MR) is 272 cm³/mol. The molecule has 0 heterocycles. The number of hydrogen-bond acceptors (Lipinski definition) is 10. The molecule has 0 aliphatic rings. The first-order valence-corrected chi connectivity index (χ1v) is 21.3. The monoisotopic (exact) mass is 1090 g/mol. The lowest BCUT2D eigenvalue weighted by Crippen LogP contribution is -1.99. The molecular formula is C54H48ClF9N4O8. The van der Waals surface area contributed by atoms with Crippen LogP contribution in [0.2, 0.25) is 0 Å². The predicted octanol–water partition coefficient (Wildman–Crippen LogP) is 15.9. The van der Waals surface area contributed by atoms with Crippen LogP contribution in [0.15, 0.2) is 146 Å². The zero-order valence-corrected chi connectivity index (χ0v) is 40.5. The van der Waals surface area contributed by atoms with Crippen LogP contribution in [-0.2, 0) is 6.54 Å². The lowest BCUT2D eigenvalue weighted by molar-refractivity contribution is -0.385. The van der Waals surface area contributed by atoms with Crippen molar-refractivity contribution in [2.45, 2.75) is 41.7 Å². The van der Waals surface area contributed by atoms with Crippen LogP contribution in [0.25, 0.3) is 0 Å². The maximum absolute atomic E-state index is 13.4. The molecule has 0 atom stereocenters. The molecule has 0 aromatic heterocycles. The number of aryl methyl sites for hydroxylation is 4. The van der Waals surface area contributed by atoms with Crippen LogP contribution in [0.1, 0.15) is 35.2 Å². The molecule has 0 saturated carbocycles. The number of anilines is 1. The molecule has 12 nitrogen and oxygen atoms in total. The van der Waals surface area contributed by atoms with Gasteiger partial charge in [0.15, 0.2) is 52.1 Å². The van der Waals surface area contributed by atoms with Gasteiger partial charge in [0.1, 0.15) is 23.1 Å². The molecule has 8 rings (SSSR count). The lowest BCUT2D eigenvalue weighted by atomic mass is 10.1. The van der Waals surface area contributed by atoms with Crippen molar-refractivity contribution in [2.75, 3.05) is 5.73 Å². The van der Waals surface area contributed by atoms with Gasteiger partial charge in [0.25, 0.3) is 11.4 Å². The summed E-state index contributed by atoms with van der Waals surface area (Å²) in [5.41, 5.74) is 15.2. The van der Waals surface area contributed by atoms with Crippen molar-refractivity contribution in [3.8, 4) is 40.2 Å². The number of nitrogens with zero attached hydrogens (tertiary/aromatic N) is 2. The Hall–Kier alpha value is -8.82. The molecule has 0 unspecified atom stereocenters. The number of halogens is 10. The number of nitrogen functional groups attached to an aromatic ring is 1. The largest absolute Gasteiger partial charge is 0.505 e. The molecule has 402 valence electrons. The third-order valence-electron chi connectivity index (χ3n) is 9.86. The van der Waals surface area contributed by atoms with E-state index >= 15 is 0 Å². The topological polar surface area (TPSA) is 186 Å². The fourth-order valence-corrected chi connectivity index (χ4v) is 5.95. The molecule has 8 aromatic rings. The number of hydrogen-bond donors (Lipinski definition) is 3. The van der Waals surface area contributed by atoms with Crippen LogP contribution in [0.3, 0.4) is 0 Å². The van der Waals surface area contributed by atoms with E-state index < -0.39 is 68.0 Å². The number of nitro groups is 2. The van der Waals surface area contributed by atoms with Gasteiger partial charge in [-0.15, -0.1) is 12.4 Å². The molecule has 0 bridgehead atoms. The quantitative estimate of drug-likeness (QED) is 0.0543. The number of aromatic hydroxyl groups is 1. The minimum Gasteiger partial charge on any atom is -0.505 e. The van der Waals surface area contributed by atoms with Gasteiger partial charge in [-0.05, 0) is 148 Å². The minimum atomic E-state index is -1.20. The molecule has 0 fully saturated rings. The second kappa shape index (κ2) is 29.8. The van der Waals surface area contributed by atoms with E-state index in [9.17, 15) is 59.7 Å². The van der Waals surface area contributed by atoms with Crippen LogP contribution in [0.4, 0.5) is 56.6 Å². The van der Waals surface area contributed by atoms with Gasteiger partial charge >= 0.3 is 0 Å². The van der Waals surface area contributed by atoms with Crippen molar-refractivity contribution >= 4 is 29.5 Å². The molecule has 8 aromatic carbocycles. The third-order valence-corrected chi connectivity index (χ3v) is 9.86. The van der Waals surface area contributed by atoms with Crippen molar-refractivity contribution in [3.63, 3.8) is 0 Å². The Kier molecular flexibility index (Phi) is 24.8. The fraction of sp³-hybridized carbons (Fsp3) is 0.111. The zero-order chi connectivity index (χ0) is 54.8. The van der Waals surface area contributed by atoms with Gasteiger partial charge in [-0.2, -0.15) is 17.6 Å². The van der Waals surface area contributed by atoms with E-state index in [1.165, 1.54) is 74.5 Å². The van der Waals surface area contributed by atoms with Gasteiger partial charge in [-0.25, -0.2) is 22.0 Å². The van der Waals surface area contributed by atoms with Crippen LogP contribution in [-0.4, -0.2) is 15.0 Å². The molecule has 0 amide bonds. The van der Waals surface area contributed by atoms with E-state index in [2.05, 4.69) is 0 Å². The standard InChI is InChI=1S/C14H13F2NO.C13H9F2NO3.C13H11F2NO.C7H6FNO2.C6H4F2O.CH4.ClH/c1-9-7-11(6-5-10(9)8-17)18-13-4-2-3-12(15)14(13)16;1-8-7-9(5-6-11(8)16(17)18)19-12-4-2-3-10(14)13(12)15;1-8-7-9(5-6-11(8)16)17-12-4-2-3-10(14)13(12)15;1-5-4-6(8)2-3-7(5)9(10)11;7-4-2-1-3-5(9)6(4)8;;/h2-7H,8,17H2,1H3;2-7H,1H3;2-7H,16H2,1H3;2-4H,1H3;1-3,9H;1H4;1H. The summed E-state index contributed by atoms with van der Waals surface area (Å²) in [4.78, 5) is 19.8. The van der Waals surface area contributed by atoms with Crippen molar-refractivity contribution in [1.29, 1.82) is 0 Å². The van der Waals surface area contributed by atoms with Gasteiger partial charge in [-0.1, -0.05) is 37.8 Å². The highest BCUT2D eigenvalue weighted by Gasteiger charge is 2.15. The Labute approximate surface area is 436 Å². The number of phenolic OH excluding ortho intramolecular Hbond substituents is 1. The Balaban J connectivity index is 0.000000330. The van der Waals surface area contributed by atoms with Gasteiger partial charge in [0.2, 0.25) is 17.5 Å². The number of ether oxygens (including phenoxy) is 3. The summed E-state index contributed by atoms with van der Waals surface area (Å²) in [7, 11) is 0. The van der Waals surface area contributed by atoms with Gasteiger partial charge in [0, 0.05) is 35.5 Å². The highest BCUT2D eigenvalue weighted by molar-refractivity contribution is 5.85. The third kappa shape index (κ3) is 18.3. The van der Waals surface area contributed by atoms with E-state index in [0.717, 1.165) is 65.2 Å². The molecule has 0 spiro atoms. The average molecular weight is 1090 g/mol. The second-order valence-electron chi connectivity index (χ2n) is 15.2. The summed E-state index contributed by atoms with van der Waals surface area (Å²) in [6.07, 6.45) is 0. The SMILES string of the molecule is C.Cc1cc(F)ccc1[N+](=O)[O-].Cc1cc(Oc2cccc(F)c2F)ccc1CN.Cc1cc(Oc2cccc(F)c2F)ccc1N.Cc1cc(Oc2cccc(F)c2F)ccc1[N+](=O)[O-].Cl.Oc1cccc(F)c1F. The van der Waals surface area contributed by atoms with Crippen LogP contribution >= 0.6 is 12.4 Å². The molecule has 76 heavy (non-hydrogen) atoms. The highest BCUT2D eigenvalue weighted by atomic mass is 35.5. The first kappa shape index (κ1) is 63.3. The fourth-order valence-electron chi connectivity index (χ4n) is 5.95. The minimum absolute atomic E-state index is 0. The molecule has 0 aliphatic heterocycles. The van der Waals surface area contributed by atoms with Crippen molar-refractivity contribution in [2.24, 2.45) is 5.73 Å². The van der Waals surface area contributed by atoms with E-state index in [-0.39, 0.29) is 54.2 Å².